The Hall–Kier alpha value is -1.89. The van der Waals surface area contributed by atoms with E-state index in [0.29, 0.717) is 25.4 Å². The zero-order chi connectivity index (χ0) is 15.4. The molecule has 22 heavy (non-hydrogen) atoms. The summed E-state index contributed by atoms with van der Waals surface area (Å²) in [6.45, 7) is 0.646. The molecule has 7 heteroatoms. The second-order valence-corrected chi connectivity index (χ2v) is 5.65. The summed E-state index contributed by atoms with van der Waals surface area (Å²) in [7, 11) is 0. The van der Waals surface area contributed by atoms with E-state index in [9.17, 15) is 8.78 Å². The summed E-state index contributed by atoms with van der Waals surface area (Å²) in [6, 6.07) is 4.16. The fourth-order valence-electron chi connectivity index (χ4n) is 2.92. The number of nitrogens with zero attached hydrogens (tertiary/aromatic N) is 4. The molecule has 1 fully saturated rings. The molecule has 0 atom stereocenters. The van der Waals surface area contributed by atoms with Crippen molar-refractivity contribution in [2.24, 2.45) is 5.92 Å². The van der Waals surface area contributed by atoms with E-state index in [1.165, 1.54) is 6.33 Å². The zero-order valence-electron chi connectivity index (χ0n) is 12.2. The van der Waals surface area contributed by atoms with E-state index in [0.717, 1.165) is 24.2 Å². The molecule has 3 rings (SSSR count). The first-order valence-electron chi connectivity index (χ1n) is 7.54. The number of aromatic nitrogens is 4. The lowest BCUT2D eigenvalue weighted by Gasteiger charge is -2.28. The van der Waals surface area contributed by atoms with Crippen molar-refractivity contribution in [1.82, 2.24) is 25.1 Å². The van der Waals surface area contributed by atoms with Gasteiger partial charge in [-0.25, -0.2) is 23.4 Å². The Morgan fingerprint density at radius 3 is 2.77 bits per heavy atom. The molecule has 1 aliphatic rings. The molecular formula is C15H19F2N5. The van der Waals surface area contributed by atoms with Gasteiger partial charge in [-0.05, 0) is 31.7 Å². The molecule has 0 spiro atoms. The summed E-state index contributed by atoms with van der Waals surface area (Å²) in [5.41, 5.74) is 1.02. The van der Waals surface area contributed by atoms with E-state index in [1.54, 1.807) is 17.2 Å². The minimum Gasteiger partial charge on any atom is -0.310 e. The molecule has 0 radical (unpaired) electrons. The standard InChI is InChI=1S/C15H19F2N5/c16-14(17)11-3-5-13(6-4-11)20-8-12-2-1-7-19-15(12)22-10-18-9-21-22/h1-2,7,9-11,13-14,20H,3-6,8H2. The predicted molar refractivity (Wildman–Crippen MR) is 77.7 cm³/mol. The molecule has 0 unspecified atom stereocenters. The van der Waals surface area contributed by atoms with E-state index < -0.39 is 12.3 Å². The maximum Gasteiger partial charge on any atom is 0.241 e. The normalized spacial score (nSPS) is 22.1. The van der Waals surface area contributed by atoms with Crippen molar-refractivity contribution >= 4 is 0 Å². The van der Waals surface area contributed by atoms with Gasteiger partial charge in [0.25, 0.3) is 0 Å². The van der Waals surface area contributed by atoms with Gasteiger partial charge in [0.1, 0.15) is 12.7 Å². The van der Waals surface area contributed by atoms with Crippen molar-refractivity contribution in [3.63, 3.8) is 0 Å². The van der Waals surface area contributed by atoms with E-state index in [1.807, 2.05) is 12.1 Å². The van der Waals surface area contributed by atoms with Gasteiger partial charge in [0, 0.05) is 30.3 Å². The molecule has 2 aromatic heterocycles. The first kappa shape index (κ1) is 15.0. The number of hydrogen-bond acceptors (Lipinski definition) is 4. The van der Waals surface area contributed by atoms with E-state index in [4.69, 9.17) is 0 Å². The molecule has 0 saturated heterocycles. The highest BCUT2D eigenvalue weighted by molar-refractivity contribution is 5.31. The Balaban J connectivity index is 1.59. The summed E-state index contributed by atoms with van der Waals surface area (Å²) >= 11 is 0. The largest absolute Gasteiger partial charge is 0.310 e. The number of alkyl halides is 2. The van der Waals surface area contributed by atoms with Crippen LogP contribution in [-0.4, -0.2) is 32.2 Å². The maximum atomic E-state index is 12.7. The van der Waals surface area contributed by atoms with Gasteiger partial charge in [-0.3, -0.25) is 0 Å². The van der Waals surface area contributed by atoms with E-state index in [2.05, 4.69) is 20.4 Å². The number of nitrogens with one attached hydrogen (secondary N) is 1. The predicted octanol–water partition coefficient (Wildman–Crippen LogP) is 2.58. The summed E-state index contributed by atoms with van der Waals surface area (Å²) in [5, 5.41) is 7.56. The molecule has 5 nitrogen and oxygen atoms in total. The van der Waals surface area contributed by atoms with Crippen molar-refractivity contribution in [3.05, 3.63) is 36.5 Å². The lowest BCUT2D eigenvalue weighted by atomic mass is 9.86. The fraction of sp³-hybridized carbons (Fsp3) is 0.533. The third-order valence-corrected chi connectivity index (χ3v) is 4.21. The van der Waals surface area contributed by atoms with Gasteiger partial charge >= 0.3 is 0 Å². The Bertz CT molecular complexity index is 579. The van der Waals surface area contributed by atoms with E-state index in [-0.39, 0.29) is 0 Å². The van der Waals surface area contributed by atoms with Crippen molar-refractivity contribution in [2.75, 3.05) is 0 Å². The second-order valence-electron chi connectivity index (χ2n) is 5.65. The van der Waals surface area contributed by atoms with Crippen LogP contribution < -0.4 is 5.32 Å². The number of pyridine rings is 1. The Labute approximate surface area is 127 Å². The van der Waals surface area contributed by atoms with Crippen molar-refractivity contribution in [3.8, 4) is 5.82 Å². The molecule has 1 N–H and O–H groups in total. The fourth-order valence-corrected chi connectivity index (χ4v) is 2.92. The van der Waals surface area contributed by atoms with Crippen LogP contribution in [0.1, 0.15) is 31.2 Å². The Kier molecular flexibility index (Phi) is 4.72. The SMILES string of the molecule is FC(F)C1CCC(NCc2cccnc2-n2cncn2)CC1. The van der Waals surface area contributed by atoms with Gasteiger partial charge in [-0.1, -0.05) is 6.07 Å². The van der Waals surface area contributed by atoms with Gasteiger partial charge in [0.2, 0.25) is 6.43 Å². The molecule has 118 valence electrons. The van der Waals surface area contributed by atoms with Crippen LogP contribution in [-0.2, 0) is 6.54 Å². The van der Waals surface area contributed by atoms with Crippen molar-refractivity contribution in [2.45, 2.75) is 44.7 Å². The molecule has 2 heterocycles. The second kappa shape index (κ2) is 6.91. The molecule has 2 aromatic rings. The molecule has 0 aliphatic heterocycles. The van der Waals surface area contributed by atoms with Gasteiger partial charge in [0.05, 0.1) is 0 Å². The van der Waals surface area contributed by atoms with Crippen LogP contribution in [0.4, 0.5) is 8.78 Å². The average molecular weight is 307 g/mol. The Morgan fingerprint density at radius 1 is 1.27 bits per heavy atom. The van der Waals surface area contributed by atoms with Crippen LogP contribution >= 0.6 is 0 Å². The lowest BCUT2D eigenvalue weighted by molar-refractivity contribution is 0.0506. The van der Waals surface area contributed by atoms with Gasteiger partial charge in [0.15, 0.2) is 5.82 Å². The third kappa shape index (κ3) is 3.47. The summed E-state index contributed by atoms with van der Waals surface area (Å²) in [5.74, 6) is 0.316. The molecule has 0 aromatic carbocycles. The minimum atomic E-state index is -2.18. The van der Waals surface area contributed by atoms with Crippen LogP contribution in [0.15, 0.2) is 31.0 Å². The molecular weight excluding hydrogens is 288 g/mol. The monoisotopic (exact) mass is 307 g/mol. The number of hydrogen-bond donors (Lipinski definition) is 1. The van der Waals surface area contributed by atoms with Crippen molar-refractivity contribution in [1.29, 1.82) is 0 Å². The summed E-state index contributed by atoms with van der Waals surface area (Å²) in [4.78, 5) is 8.28. The quantitative estimate of drug-likeness (QED) is 0.922. The molecule has 0 amide bonds. The van der Waals surface area contributed by atoms with E-state index >= 15 is 0 Å². The third-order valence-electron chi connectivity index (χ3n) is 4.21. The number of halogens is 2. The first-order valence-corrected chi connectivity index (χ1v) is 7.54. The molecule has 1 saturated carbocycles. The molecule has 1 aliphatic carbocycles. The van der Waals surface area contributed by atoms with Crippen LogP contribution in [0.25, 0.3) is 5.82 Å². The van der Waals surface area contributed by atoms with Crippen LogP contribution in [0.3, 0.4) is 0 Å². The highest BCUT2D eigenvalue weighted by Crippen LogP contribution is 2.29. The van der Waals surface area contributed by atoms with Gasteiger partial charge in [-0.2, -0.15) is 5.10 Å². The van der Waals surface area contributed by atoms with Crippen LogP contribution in [0.2, 0.25) is 0 Å². The zero-order valence-corrected chi connectivity index (χ0v) is 12.2. The minimum absolute atomic E-state index is 0.291. The first-order chi connectivity index (χ1) is 10.7. The lowest BCUT2D eigenvalue weighted by Crippen LogP contribution is -2.34. The average Bonchev–Trinajstić information content (AvgIpc) is 3.08. The van der Waals surface area contributed by atoms with Gasteiger partial charge < -0.3 is 5.32 Å². The van der Waals surface area contributed by atoms with Crippen molar-refractivity contribution < 1.29 is 8.78 Å². The van der Waals surface area contributed by atoms with Crippen LogP contribution in [0.5, 0.6) is 0 Å². The van der Waals surface area contributed by atoms with Gasteiger partial charge in [-0.15, -0.1) is 0 Å². The molecule has 0 bridgehead atoms. The topological polar surface area (TPSA) is 55.6 Å². The highest BCUT2D eigenvalue weighted by Gasteiger charge is 2.27. The maximum absolute atomic E-state index is 12.7. The summed E-state index contributed by atoms with van der Waals surface area (Å²) in [6.07, 6.45) is 5.41. The smallest absolute Gasteiger partial charge is 0.241 e. The Morgan fingerprint density at radius 2 is 2.09 bits per heavy atom. The van der Waals surface area contributed by atoms with Crippen LogP contribution in [0, 0.1) is 5.92 Å². The highest BCUT2D eigenvalue weighted by atomic mass is 19.3. The number of rotatable bonds is 5. The summed E-state index contributed by atoms with van der Waals surface area (Å²) < 4.78 is 27.0.